The zero-order chi connectivity index (χ0) is 21.1. The van der Waals surface area contributed by atoms with Crippen LogP contribution in [0.3, 0.4) is 0 Å². The molecule has 2 aromatic carbocycles. The van der Waals surface area contributed by atoms with Crippen LogP contribution >= 0.6 is 0 Å². The molecule has 0 heterocycles. The Labute approximate surface area is 171 Å². The molecule has 29 heavy (non-hydrogen) atoms. The van der Waals surface area contributed by atoms with Gasteiger partial charge in [-0.25, -0.2) is 12.8 Å². The molecule has 7 heteroatoms. The average Bonchev–Trinajstić information content (AvgIpc) is 2.68. The largest absolute Gasteiger partial charge is 0.349 e. The van der Waals surface area contributed by atoms with E-state index < -0.39 is 15.4 Å². The van der Waals surface area contributed by atoms with E-state index in [0.29, 0.717) is 5.69 Å². The molecule has 0 saturated heterocycles. The normalized spacial score (nSPS) is 17.3. The molecule has 156 valence electrons. The van der Waals surface area contributed by atoms with Crippen molar-refractivity contribution >= 4 is 21.6 Å². The molecule has 0 spiro atoms. The number of nitrogens with one attached hydrogen (secondary N) is 2. The van der Waals surface area contributed by atoms with Crippen LogP contribution in [-0.2, 0) is 20.2 Å². The standard InChI is InChI=1S/C22H27FN2O3S/c1-16(17-6-10-19(23)11-7-17)24-21(26)22(14-4-3-5-15-22)18-8-12-20(13-9-18)25-29(2,27)28/h6-13,16,25H,3-5,14-15H2,1-2H3,(H,24,26)/t16-/m1/s1. The highest BCUT2D eigenvalue weighted by molar-refractivity contribution is 7.92. The predicted octanol–water partition coefficient (Wildman–Crippen LogP) is 4.28. The van der Waals surface area contributed by atoms with Crippen molar-refractivity contribution in [1.82, 2.24) is 5.32 Å². The van der Waals surface area contributed by atoms with Gasteiger partial charge in [0.1, 0.15) is 5.82 Å². The van der Waals surface area contributed by atoms with Crippen LogP contribution in [-0.4, -0.2) is 20.6 Å². The van der Waals surface area contributed by atoms with Gasteiger partial charge >= 0.3 is 0 Å². The van der Waals surface area contributed by atoms with Gasteiger partial charge in [-0.2, -0.15) is 0 Å². The Kier molecular flexibility index (Phi) is 6.27. The van der Waals surface area contributed by atoms with Crippen LogP contribution < -0.4 is 10.0 Å². The summed E-state index contributed by atoms with van der Waals surface area (Å²) in [5.74, 6) is -0.350. The quantitative estimate of drug-likeness (QED) is 0.735. The van der Waals surface area contributed by atoms with Crippen molar-refractivity contribution in [3.8, 4) is 0 Å². The first-order valence-electron chi connectivity index (χ1n) is 9.84. The van der Waals surface area contributed by atoms with Gasteiger partial charge in [0.2, 0.25) is 15.9 Å². The summed E-state index contributed by atoms with van der Waals surface area (Å²) in [6, 6.07) is 13.0. The van der Waals surface area contributed by atoms with Gasteiger partial charge in [-0.05, 0) is 55.2 Å². The lowest BCUT2D eigenvalue weighted by Crippen LogP contribution is -2.46. The second-order valence-electron chi connectivity index (χ2n) is 7.84. The number of benzene rings is 2. The Morgan fingerprint density at radius 2 is 1.59 bits per heavy atom. The third-order valence-electron chi connectivity index (χ3n) is 5.60. The molecule has 0 aliphatic heterocycles. The maximum Gasteiger partial charge on any atom is 0.231 e. The first-order valence-corrected chi connectivity index (χ1v) is 11.7. The number of carbonyl (C=O) groups excluding carboxylic acids is 1. The van der Waals surface area contributed by atoms with Crippen molar-refractivity contribution in [3.05, 3.63) is 65.5 Å². The van der Waals surface area contributed by atoms with E-state index in [9.17, 15) is 17.6 Å². The highest BCUT2D eigenvalue weighted by Gasteiger charge is 2.41. The van der Waals surface area contributed by atoms with Gasteiger partial charge < -0.3 is 5.32 Å². The minimum absolute atomic E-state index is 0.0437. The molecule has 1 aliphatic rings. The van der Waals surface area contributed by atoms with E-state index >= 15 is 0 Å². The zero-order valence-electron chi connectivity index (χ0n) is 16.7. The van der Waals surface area contributed by atoms with Crippen molar-refractivity contribution in [1.29, 1.82) is 0 Å². The Morgan fingerprint density at radius 3 is 2.14 bits per heavy atom. The van der Waals surface area contributed by atoms with Gasteiger partial charge in [-0.1, -0.05) is 43.5 Å². The molecule has 1 amide bonds. The van der Waals surface area contributed by atoms with E-state index in [4.69, 9.17) is 0 Å². The summed E-state index contributed by atoms with van der Waals surface area (Å²) >= 11 is 0. The fraction of sp³-hybridized carbons (Fsp3) is 0.409. The zero-order valence-corrected chi connectivity index (χ0v) is 17.6. The third-order valence-corrected chi connectivity index (χ3v) is 6.21. The van der Waals surface area contributed by atoms with E-state index in [1.165, 1.54) is 12.1 Å². The van der Waals surface area contributed by atoms with Crippen LogP contribution in [0.25, 0.3) is 0 Å². The smallest absolute Gasteiger partial charge is 0.231 e. The van der Waals surface area contributed by atoms with Gasteiger partial charge in [-0.15, -0.1) is 0 Å². The molecule has 0 radical (unpaired) electrons. The number of carbonyl (C=O) groups is 1. The fourth-order valence-corrected chi connectivity index (χ4v) is 4.61. The Balaban J connectivity index is 1.84. The van der Waals surface area contributed by atoms with Crippen LogP contribution in [0.2, 0.25) is 0 Å². The minimum atomic E-state index is -3.35. The molecule has 1 fully saturated rings. The van der Waals surface area contributed by atoms with E-state index in [-0.39, 0.29) is 17.8 Å². The average molecular weight is 419 g/mol. The number of rotatable bonds is 6. The fourth-order valence-electron chi connectivity index (χ4n) is 4.04. The van der Waals surface area contributed by atoms with Crippen LogP contribution in [0.4, 0.5) is 10.1 Å². The first kappa shape index (κ1) is 21.3. The molecule has 2 N–H and O–H groups in total. The second kappa shape index (κ2) is 8.53. The van der Waals surface area contributed by atoms with Crippen molar-refractivity contribution < 1.29 is 17.6 Å². The Morgan fingerprint density at radius 1 is 1.00 bits per heavy atom. The lowest BCUT2D eigenvalue weighted by atomic mass is 9.68. The number of anilines is 1. The van der Waals surface area contributed by atoms with Crippen LogP contribution in [0, 0.1) is 5.82 Å². The van der Waals surface area contributed by atoms with Crippen molar-refractivity contribution in [3.63, 3.8) is 0 Å². The molecule has 0 aromatic heterocycles. The molecular weight excluding hydrogens is 391 g/mol. The summed E-state index contributed by atoms with van der Waals surface area (Å²) in [7, 11) is -3.35. The Hall–Kier alpha value is -2.41. The van der Waals surface area contributed by atoms with Gasteiger partial charge in [0, 0.05) is 5.69 Å². The van der Waals surface area contributed by atoms with Crippen LogP contribution in [0.1, 0.15) is 56.2 Å². The van der Waals surface area contributed by atoms with E-state index in [1.807, 2.05) is 19.1 Å². The maximum absolute atomic E-state index is 13.4. The van der Waals surface area contributed by atoms with Gasteiger partial charge in [0.15, 0.2) is 0 Å². The molecule has 0 bridgehead atoms. The summed E-state index contributed by atoms with van der Waals surface area (Å²) in [6.07, 6.45) is 5.61. The second-order valence-corrected chi connectivity index (χ2v) is 9.59. The van der Waals surface area contributed by atoms with Gasteiger partial charge in [0.05, 0.1) is 17.7 Å². The summed E-state index contributed by atoms with van der Waals surface area (Å²) in [5.41, 5.74) is 1.57. The van der Waals surface area contributed by atoms with E-state index in [0.717, 1.165) is 49.5 Å². The molecule has 3 rings (SSSR count). The maximum atomic E-state index is 13.4. The number of amides is 1. The molecule has 1 atom stereocenters. The molecular formula is C22H27FN2O3S. The lowest BCUT2D eigenvalue weighted by molar-refractivity contribution is -0.128. The summed E-state index contributed by atoms with van der Waals surface area (Å²) < 4.78 is 38.5. The molecule has 0 unspecified atom stereocenters. The van der Waals surface area contributed by atoms with Crippen molar-refractivity contribution in [2.45, 2.75) is 50.5 Å². The van der Waals surface area contributed by atoms with Crippen LogP contribution in [0.5, 0.6) is 0 Å². The monoisotopic (exact) mass is 418 g/mol. The van der Waals surface area contributed by atoms with E-state index in [2.05, 4.69) is 10.0 Å². The van der Waals surface area contributed by atoms with Crippen LogP contribution in [0.15, 0.2) is 48.5 Å². The summed E-state index contributed by atoms with van der Waals surface area (Å²) in [4.78, 5) is 13.4. The minimum Gasteiger partial charge on any atom is -0.349 e. The number of sulfonamides is 1. The molecule has 1 aliphatic carbocycles. The van der Waals surface area contributed by atoms with Crippen molar-refractivity contribution in [2.24, 2.45) is 0 Å². The van der Waals surface area contributed by atoms with Gasteiger partial charge in [-0.3, -0.25) is 9.52 Å². The highest BCUT2D eigenvalue weighted by Crippen LogP contribution is 2.40. The highest BCUT2D eigenvalue weighted by atomic mass is 32.2. The SMILES string of the molecule is C[C@@H](NC(=O)C1(c2ccc(NS(C)(=O)=O)cc2)CCCCC1)c1ccc(F)cc1. The topological polar surface area (TPSA) is 75.3 Å². The number of hydrogen-bond acceptors (Lipinski definition) is 3. The Bertz CT molecular complexity index is 951. The third kappa shape index (κ3) is 5.15. The number of hydrogen-bond donors (Lipinski definition) is 2. The molecule has 5 nitrogen and oxygen atoms in total. The van der Waals surface area contributed by atoms with Crippen molar-refractivity contribution in [2.75, 3.05) is 11.0 Å². The molecule has 1 saturated carbocycles. The summed E-state index contributed by atoms with van der Waals surface area (Å²) in [6.45, 7) is 1.89. The first-order chi connectivity index (χ1) is 13.7. The predicted molar refractivity (Wildman–Crippen MR) is 113 cm³/mol. The number of halogens is 1. The molecule has 2 aromatic rings. The summed E-state index contributed by atoms with van der Waals surface area (Å²) in [5, 5.41) is 3.10. The van der Waals surface area contributed by atoms with Gasteiger partial charge in [0.25, 0.3) is 0 Å². The lowest BCUT2D eigenvalue weighted by Gasteiger charge is -2.37. The van der Waals surface area contributed by atoms with E-state index in [1.54, 1.807) is 24.3 Å².